The van der Waals surface area contributed by atoms with E-state index in [0.717, 1.165) is 52.7 Å². The fraction of sp³-hybridized carbons (Fsp3) is 0.323. The maximum absolute atomic E-state index is 6.46. The highest BCUT2D eigenvalue weighted by atomic mass is 35.5. The molecule has 40 heavy (non-hydrogen) atoms. The first-order chi connectivity index (χ1) is 19.3. The zero-order chi connectivity index (χ0) is 27.4. The van der Waals surface area contributed by atoms with Gasteiger partial charge in [0, 0.05) is 22.3 Å². The molecule has 2 aromatic carbocycles. The second-order valence-corrected chi connectivity index (χ2v) is 11.9. The van der Waals surface area contributed by atoms with Crippen LogP contribution in [0.25, 0.3) is 21.9 Å². The van der Waals surface area contributed by atoms with Crippen molar-refractivity contribution in [3.63, 3.8) is 0 Å². The number of rotatable bonds is 6. The van der Waals surface area contributed by atoms with Crippen molar-refractivity contribution in [1.29, 1.82) is 0 Å². The Morgan fingerprint density at radius 1 is 0.975 bits per heavy atom. The van der Waals surface area contributed by atoms with Crippen LogP contribution in [0.4, 0.5) is 11.5 Å². The number of aromatic nitrogens is 4. The van der Waals surface area contributed by atoms with Crippen LogP contribution in [-0.2, 0) is 15.9 Å². The van der Waals surface area contributed by atoms with Crippen molar-refractivity contribution >= 4 is 56.6 Å². The van der Waals surface area contributed by atoms with Crippen molar-refractivity contribution in [2.75, 3.05) is 5.32 Å². The van der Waals surface area contributed by atoms with Gasteiger partial charge in [-0.1, -0.05) is 35.3 Å². The molecule has 0 amide bonds. The highest BCUT2D eigenvalue weighted by Gasteiger charge is 2.54. The predicted octanol–water partition coefficient (Wildman–Crippen LogP) is 7.74. The molecule has 5 aromatic rings. The van der Waals surface area contributed by atoms with E-state index in [2.05, 4.69) is 50.3 Å². The van der Waals surface area contributed by atoms with Gasteiger partial charge < -0.3 is 19.4 Å². The summed E-state index contributed by atoms with van der Waals surface area (Å²) in [5.41, 5.74) is 4.01. The van der Waals surface area contributed by atoms with Crippen LogP contribution in [0.1, 0.15) is 38.3 Å². The Bertz CT molecular complexity index is 1700. The molecular weight excluding hydrogens is 545 g/mol. The SMILES string of the molecule is CC1(C)O[C@@H]2[C@@H](CCc3ccc4ccc(Nc5ccc(Cl)cc5)nc4c3)C[C@@H](n3ccc4c(Cl)ncnc43)[C@@H]2O1. The van der Waals surface area contributed by atoms with Crippen LogP contribution in [0.3, 0.4) is 0 Å². The van der Waals surface area contributed by atoms with Crippen LogP contribution in [0.2, 0.25) is 10.2 Å². The molecule has 204 valence electrons. The zero-order valence-corrected chi connectivity index (χ0v) is 23.7. The molecule has 3 aromatic heterocycles. The molecule has 0 spiro atoms. The summed E-state index contributed by atoms with van der Waals surface area (Å²) in [6.07, 6.45) is 6.39. The number of benzene rings is 2. The molecule has 0 bridgehead atoms. The summed E-state index contributed by atoms with van der Waals surface area (Å²) in [6.45, 7) is 3.99. The minimum atomic E-state index is -0.623. The van der Waals surface area contributed by atoms with Crippen molar-refractivity contribution in [2.45, 2.75) is 57.1 Å². The first-order valence-electron chi connectivity index (χ1n) is 13.6. The van der Waals surface area contributed by atoms with Gasteiger partial charge in [-0.05, 0) is 93.1 Å². The number of nitrogens with one attached hydrogen (secondary N) is 1. The largest absolute Gasteiger partial charge is 0.344 e. The van der Waals surface area contributed by atoms with Crippen molar-refractivity contribution < 1.29 is 9.47 Å². The van der Waals surface area contributed by atoms with Crippen LogP contribution in [0.15, 0.2) is 73.2 Å². The smallest absolute Gasteiger partial charge is 0.163 e. The molecule has 9 heteroatoms. The summed E-state index contributed by atoms with van der Waals surface area (Å²) in [5, 5.41) is 6.51. The lowest BCUT2D eigenvalue weighted by Crippen LogP contribution is -2.27. The maximum Gasteiger partial charge on any atom is 0.163 e. The van der Waals surface area contributed by atoms with Gasteiger partial charge in [0.05, 0.1) is 23.0 Å². The first-order valence-corrected chi connectivity index (χ1v) is 14.3. The van der Waals surface area contributed by atoms with E-state index < -0.39 is 5.79 Å². The molecule has 1 saturated heterocycles. The molecule has 2 fully saturated rings. The summed E-state index contributed by atoms with van der Waals surface area (Å²) in [7, 11) is 0. The summed E-state index contributed by atoms with van der Waals surface area (Å²) in [6, 6.07) is 20.4. The lowest BCUT2D eigenvalue weighted by atomic mass is 9.95. The number of aryl methyl sites for hydroxylation is 1. The molecule has 1 saturated carbocycles. The van der Waals surface area contributed by atoms with E-state index in [0.29, 0.717) is 16.1 Å². The number of fused-ring (bicyclic) bond motifs is 3. The lowest BCUT2D eigenvalue weighted by Gasteiger charge is -2.24. The Hall–Kier alpha value is -3.23. The minimum Gasteiger partial charge on any atom is -0.344 e. The van der Waals surface area contributed by atoms with Gasteiger partial charge in [-0.2, -0.15) is 0 Å². The number of nitrogens with zero attached hydrogens (tertiary/aromatic N) is 4. The van der Waals surface area contributed by atoms with Crippen LogP contribution in [0, 0.1) is 5.92 Å². The summed E-state index contributed by atoms with van der Waals surface area (Å²) in [5.74, 6) is 0.519. The number of pyridine rings is 1. The van der Waals surface area contributed by atoms with Crippen molar-refractivity contribution in [3.8, 4) is 0 Å². The quantitative estimate of drug-likeness (QED) is 0.209. The van der Waals surface area contributed by atoms with Gasteiger partial charge in [0.15, 0.2) is 5.79 Å². The average molecular weight is 575 g/mol. The Labute approximate surface area is 242 Å². The topological polar surface area (TPSA) is 74.1 Å². The van der Waals surface area contributed by atoms with Crippen LogP contribution >= 0.6 is 23.2 Å². The number of hydrogen-bond acceptors (Lipinski definition) is 6. The molecular formula is C31H29Cl2N5O2. The van der Waals surface area contributed by atoms with Gasteiger partial charge in [0.1, 0.15) is 29.0 Å². The Morgan fingerprint density at radius 2 is 1.77 bits per heavy atom. The molecule has 4 atom stereocenters. The number of anilines is 2. The molecule has 1 aliphatic carbocycles. The van der Waals surface area contributed by atoms with E-state index in [-0.39, 0.29) is 18.2 Å². The van der Waals surface area contributed by atoms with E-state index in [4.69, 9.17) is 37.7 Å². The number of halogens is 2. The van der Waals surface area contributed by atoms with Gasteiger partial charge in [0.25, 0.3) is 0 Å². The molecule has 0 radical (unpaired) electrons. The van der Waals surface area contributed by atoms with Gasteiger partial charge in [-0.3, -0.25) is 0 Å². The summed E-state index contributed by atoms with van der Waals surface area (Å²) in [4.78, 5) is 13.5. The van der Waals surface area contributed by atoms with Gasteiger partial charge in [-0.25, -0.2) is 15.0 Å². The fourth-order valence-corrected chi connectivity index (χ4v) is 6.56. The average Bonchev–Trinajstić information content (AvgIpc) is 3.60. The number of hydrogen-bond donors (Lipinski definition) is 1. The lowest BCUT2D eigenvalue weighted by molar-refractivity contribution is -0.160. The monoisotopic (exact) mass is 573 g/mol. The molecule has 4 heterocycles. The van der Waals surface area contributed by atoms with Crippen molar-refractivity contribution in [2.24, 2.45) is 5.92 Å². The zero-order valence-electron chi connectivity index (χ0n) is 22.2. The van der Waals surface area contributed by atoms with Gasteiger partial charge >= 0.3 is 0 Å². The van der Waals surface area contributed by atoms with Crippen LogP contribution < -0.4 is 5.32 Å². The minimum absolute atomic E-state index is 0.0171. The van der Waals surface area contributed by atoms with Crippen LogP contribution in [-0.4, -0.2) is 37.5 Å². The summed E-state index contributed by atoms with van der Waals surface area (Å²) < 4.78 is 15.1. The first kappa shape index (κ1) is 25.7. The maximum atomic E-state index is 6.46. The predicted molar refractivity (Wildman–Crippen MR) is 158 cm³/mol. The fourth-order valence-electron chi connectivity index (χ4n) is 6.24. The standard InChI is InChI=1S/C31H29Cl2N5O2/c1-31(2)39-27-20(16-25(28(27)40-31)38-14-13-23-29(33)34-17-35-30(23)38)6-4-18-3-5-19-7-12-26(37-24(19)15-18)36-22-10-8-21(32)9-11-22/h3,5,7-15,17,20,25,27-28H,4,6,16H2,1-2H3,(H,36,37)/t20-,25+,27+,28-/m0/s1. The Balaban J connectivity index is 1.11. The Morgan fingerprint density at radius 3 is 2.62 bits per heavy atom. The van der Waals surface area contributed by atoms with E-state index in [1.165, 1.54) is 11.9 Å². The Kier molecular flexibility index (Phi) is 6.43. The second kappa shape index (κ2) is 10.00. The molecule has 7 rings (SSSR count). The highest BCUT2D eigenvalue weighted by Crippen LogP contribution is 2.49. The van der Waals surface area contributed by atoms with Crippen molar-refractivity contribution in [1.82, 2.24) is 19.5 Å². The van der Waals surface area contributed by atoms with E-state index >= 15 is 0 Å². The molecule has 2 aliphatic rings. The normalized spacial score (nSPS) is 23.6. The third-order valence-corrected chi connectivity index (χ3v) is 8.60. The molecule has 1 N–H and O–H groups in total. The number of ether oxygens (including phenoxy) is 2. The highest BCUT2D eigenvalue weighted by molar-refractivity contribution is 6.33. The van der Waals surface area contributed by atoms with Gasteiger partial charge in [-0.15, -0.1) is 0 Å². The van der Waals surface area contributed by atoms with Crippen molar-refractivity contribution in [3.05, 3.63) is 88.9 Å². The molecule has 7 nitrogen and oxygen atoms in total. The van der Waals surface area contributed by atoms with E-state index in [1.807, 2.05) is 50.2 Å². The van der Waals surface area contributed by atoms with E-state index in [9.17, 15) is 0 Å². The summed E-state index contributed by atoms with van der Waals surface area (Å²) >= 11 is 12.4. The molecule has 0 unspecified atom stereocenters. The van der Waals surface area contributed by atoms with Gasteiger partial charge in [0.2, 0.25) is 0 Å². The second-order valence-electron chi connectivity index (χ2n) is 11.1. The third-order valence-electron chi connectivity index (χ3n) is 8.05. The molecule has 1 aliphatic heterocycles. The third kappa shape index (κ3) is 4.81. The van der Waals surface area contributed by atoms with E-state index in [1.54, 1.807) is 0 Å². The van der Waals surface area contributed by atoms with Crippen LogP contribution in [0.5, 0.6) is 0 Å².